The van der Waals surface area contributed by atoms with Crippen LogP contribution in [0.2, 0.25) is 0 Å². The van der Waals surface area contributed by atoms with Gasteiger partial charge in [0.05, 0.1) is 18.1 Å². The fourth-order valence-electron chi connectivity index (χ4n) is 8.68. The topological polar surface area (TPSA) is 83.8 Å². The summed E-state index contributed by atoms with van der Waals surface area (Å²) < 4.78 is 5.85. The van der Waals surface area contributed by atoms with Gasteiger partial charge in [-0.05, 0) is 104 Å². The van der Waals surface area contributed by atoms with E-state index in [1.54, 1.807) is 19.1 Å². The Hall–Kier alpha value is -1.72. The van der Waals surface area contributed by atoms with Crippen molar-refractivity contribution in [3.05, 3.63) is 34.9 Å². The zero-order valence-electron chi connectivity index (χ0n) is 20.3. The standard InChI is InChI=1S/C28H38O5/c1-15-17(14-29)13-24(33-26(15)32)16(2)19-7-8-20-18-5-6-22-23(30)9-10-25(31)28(22,4)21(18)11-12-27(19,20)3/h6,9-10,16,18-21,23-24,29-30H,5,7-8,11-14H2,1-4H3. The molecule has 180 valence electrons. The van der Waals surface area contributed by atoms with E-state index in [0.717, 1.165) is 43.3 Å². The van der Waals surface area contributed by atoms with Gasteiger partial charge in [-0.1, -0.05) is 19.9 Å². The van der Waals surface area contributed by atoms with Crippen LogP contribution >= 0.6 is 0 Å². The summed E-state index contributed by atoms with van der Waals surface area (Å²) in [7, 11) is 0. The molecule has 0 aromatic rings. The maximum atomic E-state index is 13.1. The van der Waals surface area contributed by atoms with Crippen LogP contribution in [-0.4, -0.2) is 40.8 Å². The van der Waals surface area contributed by atoms with E-state index in [1.165, 1.54) is 0 Å². The smallest absolute Gasteiger partial charge is 0.334 e. The number of allylic oxidation sites excluding steroid dienone is 2. The van der Waals surface area contributed by atoms with Crippen LogP contribution in [0.5, 0.6) is 0 Å². The number of hydrogen-bond acceptors (Lipinski definition) is 5. The molecular weight excluding hydrogens is 416 g/mol. The molecule has 9 atom stereocenters. The van der Waals surface area contributed by atoms with Crippen LogP contribution in [0.1, 0.15) is 66.2 Å². The number of ketones is 1. The Bertz CT molecular complexity index is 959. The lowest BCUT2D eigenvalue weighted by Gasteiger charge is -2.57. The summed E-state index contributed by atoms with van der Waals surface area (Å²) in [6.45, 7) is 8.38. The van der Waals surface area contributed by atoms with E-state index >= 15 is 0 Å². The molecule has 5 aliphatic rings. The molecule has 5 nitrogen and oxygen atoms in total. The van der Waals surface area contributed by atoms with Gasteiger partial charge >= 0.3 is 5.97 Å². The van der Waals surface area contributed by atoms with Crippen molar-refractivity contribution in [3.63, 3.8) is 0 Å². The molecule has 2 saturated carbocycles. The summed E-state index contributed by atoms with van der Waals surface area (Å²) in [6, 6.07) is 0. The quantitative estimate of drug-likeness (QED) is 0.495. The van der Waals surface area contributed by atoms with Gasteiger partial charge in [-0.2, -0.15) is 0 Å². The van der Waals surface area contributed by atoms with Gasteiger partial charge in [0, 0.05) is 12.0 Å². The molecule has 9 unspecified atom stereocenters. The van der Waals surface area contributed by atoms with Gasteiger partial charge in [-0.25, -0.2) is 4.79 Å². The van der Waals surface area contributed by atoms with Crippen molar-refractivity contribution >= 4 is 11.8 Å². The van der Waals surface area contributed by atoms with E-state index in [0.29, 0.717) is 29.7 Å². The lowest BCUT2D eigenvalue weighted by atomic mass is 9.47. The monoisotopic (exact) mass is 454 g/mol. The van der Waals surface area contributed by atoms with Gasteiger partial charge in [0.2, 0.25) is 0 Å². The van der Waals surface area contributed by atoms with Crippen molar-refractivity contribution in [2.24, 2.45) is 40.4 Å². The Labute approximate surface area is 197 Å². The van der Waals surface area contributed by atoms with E-state index in [4.69, 9.17) is 4.74 Å². The molecule has 0 radical (unpaired) electrons. The molecule has 0 spiro atoms. The van der Waals surface area contributed by atoms with E-state index in [2.05, 4.69) is 26.8 Å². The molecule has 0 bridgehead atoms. The number of ether oxygens (including phenoxy) is 1. The highest BCUT2D eigenvalue weighted by atomic mass is 16.5. The second kappa shape index (κ2) is 7.91. The second-order valence-corrected chi connectivity index (χ2v) is 11.8. The molecule has 1 aliphatic heterocycles. The maximum Gasteiger partial charge on any atom is 0.334 e. The number of esters is 1. The summed E-state index contributed by atoms with van der Waals surface area (Å²) in [6.07, 6.45) is 10.4. The molecule has 2 N–H and O–H groups in total. The highest BCUT2D eigenvalue weighted by Crippen LogP contribution is 2.66. The number of aliphatic hydroxyl groups excluding tert-OH is 2. The molecule has 1 heterocycles. The Morgan fingerprint density at radius 2 is 1.94 bits per heavy atom. The number of fused-ring (bicyclic) bond motifs is 5. The van der Waals surface area contributed by atoms with Gasteiger partial charge < -0.3 is 14.9 Å². The zero-order valence-corrected chi connectivity index (χ0v) is 20.3. The molecule has 4 aliphatic carbocycles. The third-order valence-electron chi connectivity index (χ3n) is 10.7. The SMILES string of the molecule is CC1=C(CO)CC(C(C)C2CCC3C4CC=C5C(O)C=CC(=O)C5(C)C4CCC23C)OC1=O. The molecule has 5 rings (SSSR count). The minimum Gasteiger partial charge on any atom is -0.458 e. The summed E-state index contributed by atoms with van der Waals surface area (Å²) in [5.41, 5.74) is 1.85. The first kappa shape index (κ1) is 23.0. The Kier molecular flexibility index (Phi) is 5.52. The minimum atomic E-state index is -0.642. The second-order valence-electron chi connectivity index (χ2n) is 11.8. The van der Waals surface area contributed by atoms with E-state index < -0.39 is 11.5 Å². The first-order valence-electron chi connectivity index (χ1n) is 12.7. The highest BCUT2D eigenvalue weighted by Gasteiger charge is 2.61. The normalized spacial score (nSPS) is 45.7. The van der Waals surface area contributed by atoms with Gasteiger partial charge in [-0.15, -0.1) is 0 Å². The molecule has 33 heavy (non-hydrogen) atoms. The molecule has 0 aromatic heterocycles. The third-order valence-corrected chi connectivity index (χ3v) is 10.7. The number of aliphatic hydroxyl groups is 2. The van der Waals surface area contributed by atoms with Crippen LogP contribution in [0, 0.1) is 40.4 Å². The first-order chi connectivity index (χ1) is 15.6. The molecule has 5 heteroatoms. The van der Waals surface area contributed by atoms with Crippen molar-refractivity contribution in [2.45, 2.75) is 78.4 Å². The number of rotatable bonds is 3. The Morgan fingerprint density at radius 3 is 2.67 bits per heavy atom. The van der Waals surface area contributed by atoms with Gasteiger partial charge in [0.1, 0.15) is 6.10 Å². The summed E-state index contributed by atoms with van der Waals surface area (Å²) in [5.74, 6) is 1.78. The fraction of sp³-hybridized carbons (Fsp3) is 0.714. The number of carbonyl (C=O) groups excluding carboxylic acids is 2. The predicted octanol–water partition coefficient (Wildman–Crippen LogP) is 4.14. The maximum absolute atomic E-state index is 13.1. The average Bonchev–Trinajstić information content (AvgIpc) is 3.15. The Balaban J connectivity index is 1.41. The van der Waals surface area contributed by atoms with E-state index in [1.807, 2.05) is 0 Å². The average molecular weight is 455 g/mol. The van der Waals surface area contributed by atoms with Crippen molar-refractivity contribution in [1.82, 2.24) is 0 Å². The fourth-order valence-corrected chi connectivity index (χ4v) is 8.68. The minimum absolute atomic E-state index is 0.0833. The van der Waals surface area contributed by atoms with Crippen molar-refractivity contribution in [1.29, 1.82) is 0 Å². The van der Waals surface area contributed by atoms with Crippen LogP contribution in [0.25, 0.3) is 0 Å². The van der Waals surface area contributed by atoms with Crippen LogP contribution < -0.4 is 0 Å². The van der Waals surface area contributed by atoms with Gasteiger partial charge in [-0.3, -0.25) is 4.79 Å². The van der Waals surface area contributed by atoms with Crippen molar-refractivity contribution in [2.75, 3.05) is 6.61 Å². The molecule has 0 saturated heterocycles. The molecular formula is C28H38O5. The lowest BCUT2D eigenvalue weighted by molar-refractivity contribution is -0.152. The largest absolute Gasteiger partial charge is 0.458 e. The van der Waals surface area contributed by atoms with E-state index in [9.17, 15) is 19.8 Å². The Morgan fingerprint density at radius 1 is 1.18 bits per heavy atom. The molecule has 0 aromatic carbocycles. The van der Waals surface area contributed by atoms with Crippen LogP contribution in [0.3, 0.4) is 0 Å². The first-order valence-corrected chi connectivity index (χ1v) is 12.7. The van der Waals surface area contributed by atoms with E-state index in [-0.39, 0.29) is 41.7 Å². The predicted molar refractivity (Wildman–Crippen MR) is 125 cm³/mol. The van der Waals surface area contributed by atoms with Gasteiger partial charge in [0.15, 0.2) is 5.78 Å². The van der Waals surface area contributed by atoms with Crippen molar-refractivity contribution in [3.8, 4) is 0 Å². The van der Waals surface area contributed by atoms with Crippen LogP contribution in [0.15, 0.2) is 34.9 Å². The number of carbonyl (C=O) groups is 2. The molecule has 2 fully saturated rings. The summed E-state index contributed by atoms with van der Waals surface area (Å²) in [4.78, 5) is 25.5. The summed E-state index contributed by atoms with van der Waals surface area (Å²) in [5, 5.41) is 20.3. The number of cyclic esters (lactones) is 1. The number of hydrogen-bond donors (Lipinski definition) is 2. The van der Waals surface area contributed by atoms with Gasteiger partial charge in [0.25, 0.3) is 0 Å². The summed E-state index contributed by atoms with van der Waals surface area (Å²) >= 11 is 0. The third kappa shape index (κ3) is 3.18. The van der Waals surface area contributed by atoms with Crippen molar-refractivity contribution < 1.29 is 24.5 Å². The molecule has 0 amide bonds. The van der Waals surface area contributed by atoms with Crippen LogP contribution in [-0.2, 0) is 14.3 Å². The van der Waals surface area contributed by atoms with Crippen LogP contribution in [0.4, 0.5) is 0 Å². The zero-order chi connectivity index (χ0) is 23.7. The lowest BCUT2D eigenvalue weighted by Crippen LogP contribution is -2.54. The highest BCUT2D eigenvalue weighted by molar-refractivity contribution is 5.99.